The third kappa shape index (κ3) is 4.45. The number of aromatic nitrogens is 1. The van der Waals surface area contributed by atoms with Crippen molar-refractivity contribution in [3.8, 4) is 0 Å². The Balaban J connectivity index is 1.69. The molecule has 2 unspecified atom stereocenters. The predicted molar refractivity (Wildman–Crippen MR) is 79.8 cm³/mol. The molecule has 0 radical (unpaired) electrons. The lowest BCUT2D eigenvalue weighted by atomic mass is 9.87. The molecule has 2 atom stereocenters. The number of carbonyl (C=O) groups excluding carboxylic acids is 1. The van der Waals surface area contributed by atoms with Crippen LogP contribution in [0.5, 0.6) is 0 Å². The summed E-state index contributed by atoms with van der Waals surface area (Å²) >= 11 is 1.62. The van der Waals surface area contributed by atoms with Gasteiger partial charge in [-0.25, -0.2) is 9.78 Å². The molecule has 0 bridgehead atoms. The van der Waals surface area contributed by atoms with E-state index in [9.17, 15) is 9.90 Å². The van der Waals surface area contributed by atoms with E-state index >= 15 is 0 Å². The highest BCUT2D eigenvalue weighted by atomic mass is 32.1. The maximum Gasteiger partial charge on any atom is 0.315 e. The molecule has 1 aliphatic carbocycles. The van der Waals surface area contributed by atoms with Gasteiger partial charge in [0.1, 0.15) is 0 Å². The normalized spacial score (nSPS) is 22.6. The van der Waals surface area contributed by atoms with Gasteiger partial charge in [0.15, 0.2) is 0 Å². The molecule has 1 aromatic rings. The van der Waals surface area contributed by atoms with Gasteiger partial charge in [0.05, 0.1) is 23.4 Å². The molecule has 0 saturated heterocycles. The van der Waals surface area contributed by atoms with E-state index in [1.807, 2.05) is 13.8 Å². The highest BCUT2D eigenvalue weighted by Crippen LogP contribution is 2.23. The highest BCUT2D eigenvalue weighted by Gasteiger charge is 2.20. The van der Waals surface area contributed by atoms with Gasteiger partial charge < -0.3 is 15.7 Å². The minimum atomic E-state index is -0.193. The molecule has 20 heavy (non-hydrogen) atoms. The zero-order chi connectivity index (χ0) is 14.5. The second-order valence-corrected chi connectivity index (χ2v) is 6.78. The summed E-state index contributed by atoms with van der Waals surface area (Å²) < 4.78 is 0. The predicted octanol–water partition coefficient (Wildman–Crippen LogP) is 2.11. The molecule has 1 heterocycles. The fourth-order valence-corrected chi connectivity index (χ4v) is 3.52. The largest absolute Gasteiger partial charge is 0.393 e. The zero-order valence-electron chi connectivity index (χ0n) is 12.1. The Bertz CT molecular complexity index is 461. The summed E-state index contributed by atoms with van der Waals surface area (Å²) in [6, 6.07) is -0.143. The number of hydrogen-bond donors (Lipinski definition) is 3. The molecule has 2 rings (SSSR count). The Labute approximate surface area is 123 Å². The summed E-state index contributed by atoms with van der Waals surface area (Å²) in [6.07, 6.45) is 3.64. The van der Waals surface area contributed by atoms with Crippen molar-refractivity contribution in [2.75, 3.05) is 6.54 Å². The first-order chi connectivity index (χ1) is 9.54. The molecule has 1 aromatic heterocycles. The van der Waals surface area contributed by atoms with Crippen molar-refractivity contribution in [2.45, 2.75) is 52.2 Å². The van der Waals surface area contributed by atoms with E-state index in [4.69, 9.17) is 0 Å². The van der Waals surface area contributed by atoms with E-state index in [0.29, 0.717) is 19.0 Å². The van der Waals surface area contributed by atoms with Gasteiger partial charge in [0.25, 0.3) is 0 Å². The molecule has 3 N–H and O–H groups in total. The van der Waals surface area contributed by atoms with Crippen LogP contribution in [0.2, 0.25) is 0 Å². The van der Waals surface area contributed by atoms with Gasteiger partial charge in [-0.1, -0.05) is 6.42 Å². The first-order valence-electron chi connectivity index (χ1n) is 7.17. The summed E-state index contributed by atoms with van der Waals surface area (Å²) in [5, 5.41) is 16.4. The van der Waals surface area contributed by atoms with Gasteiger partial charge in [-0.15, -0.1) is 11.3 Å². The monoisotopic (exact) mass is 297 g/mol. The first-order valence-corrected chi connectivity index (χ1v) is 7.99. The average molecular weight is 297 g/mol. The number of aliphatic hydroxyl groups is 1. The maximum atomic E-state index is 11.8. The van der Waals surface area contributed by atoms with Gasteiger partial charge >= 0.3 is 6.03 Å². The lowest BCUT2D eigenvalue weighted by Crippen LogP contribution is -2.39. The molecule has 1 saturated carbocycles. The summed E-state index contributed by atoms with van der Waals surface area (Å²) in [5.74, 6) is 0.400. The van der Waals surface area contributed by atoms with E-state index in [2.05, 4.69) is 15.6 Å². The number of amides is 2. The fraction of sp³-hybridized carbons (Fsp3) is 0.714. The topological polar surface area (TPSA) is 74.2 Å². The van der Waals surface area contributed by atoms with Gasteiger partial charge in [-0.3, -0.25) is 0 Å². The summed E-state index contributed by atoms with van der Waals surface area (Å²) in [4.78, 5) is 17.2. The van der Waals surface area contributed by atoms with Crippen LogP contribution in [0.1, 0.15) is 41.3 Å². The molecular weight excluding hydrogens is 274 g/mol. The minimum Gasteiger partial charge on any atom is -0.393 e. The fourth-order valence-electron chi connectivity index (χ4n) is 2.65. The number of thiazole rings is 1. The number of aryl methyl sites for hydroxylation is 2. The third-order valence-electron chi connectivity index (χ3n) is 3.72. The number of rotatable bonds is 4. The van der Waals surface area contributed by atoms with E-state index in [1.165, 1.54) is 0 Å². The van der Waals surface area contributed by atoms with Crippen molar-refractivity contribution in [1.29, 1.82) is 0 Å². The Morgan fingerprint density at radius 2 is 2.20 bits per heavy atom. The molecule has 112 valence electrons. The van der Waals surface area contributed by atoms with Crippen LogP contribution in [-0.4, -0.2) is 28.8 Å². The van der Waals surface area contributed by atoms with Crippen LogP contribution in [0, 0.1) is 19.8 Å². The summed E-state index contributed by atoms with van der Waals surface area (Å²) in [6.45, 7) is 5.09. The molecular formula is C14H23N3O2S. The van der Waals surface area contributed by atoms with Crippen LogP contribution < -0.4 is 10.6 Å². The lowest BCUT2D eigenvalue weighted by Gasteiger charge is -2.25. The van der Waals surface area contributed by atoms with Gasteiger partial charge in [0, 0.05) is 11.4 Å². The van der Waals surface area contributed by atoms with E-state index in [1.54, 1.807) is 11.3 Å². The van der Waals surface area contributed by atoms with Gasteiger partial charge in [-0.05, 0) is 39.0 Å². The molecule has 6 heteroatoms. The average Bonchev–Trinajstić information content (AvgIpc) is 2.72. The second kappa shape index (κ2) is 7.04. The van der Waals surface area contributed by atoms with Gasteiger partial charge in [0.2, 0.25) is 0 Å². The maximum absolute atomic E-state index is 11.8. The van der Waals surface area contributed by atoms with Gasteiger partial charge in [-0.2, -0.15) is 0 Å². The van der Waals surface area contributed by atoms with Crippen LogP contribution in [-0.2, 0) is 6.54 Å². The van der Waals surface area contributed by atoms with Crippen LogP contribution in [0.4, 0.5) is 4.79 Å². The Hall–Kier alpha value is -1.14. The number of nitrogens with one attached hydrogen (secondary N) is 2. The summed E-state index contributed by atoms with van der Waals surface area (Å²) in [5.41, 5.74) is 0.989. The standard InChI is InChI=1S/C14H23N3O2S/c1-9-13(20-10(2)17-9)8-16-14(19)15-7-11-4-3-5-12(18)6-11/h11-12,18H,3-8H2,1-2H3,(H2,15,16,19). The minimum absolute atomic E-state index is 0.143. The molecule has 2 amide bonds. The van der Waals surface area contributed by atoms with E-state index in [0.717, 1.165) is 41.3 Å². The third-order valence-corrected chi connectivity index (χ3v) is 4.79. The highest BCUT2D eigenvalue weighted by molar-refractivity contribution is 7.11. The first kappa shape index (κ1) is 15.3. The second-order valence-electron chi connectivity index (χ2n) is 5.49. The van der Waals surface area contributed by atoms with E-state index in [-0.39, 0.29) is 12.1 Å². The van der Waals surface area contributed by atoms with E-state index < -0.39 is 0 Å². The van der Waals surface area contributed by atoms with Crippen molar-refractivity contribution in [2.24, 2.45) is 5.92 Å². The molecule has 5 nitrogen and oxygen atoms in total. The summed E-state index contributed by atoms with van der Waals surface area (Å²) in [7, 11) is 0. The lowest BCUT2D eigenvalue weighted by molar-refractivity contribution is 0.101. The van der Waals surface area contributed by atoms with Crippen molar-refractivity contribution in [3.63, 3.8) is 0 Å². The van der Waals surface area contributed by atoms with Crippen molar-refractivity contribution in [1.82, 2.24) is 15.6 Å². The Morgan fingerprint density at radius 1 is 1.40 bits per heavy atom. The van der Waals surface area contributed by atoms with Crippen LogP contribution in [0.25, 0.3) is 0 Å². The molecule has 1 aliphatic rings. The number of nitrogens with zero attached hydrogens (tertiary/aromatic N) is 1. The number of aliphatic hydroxyl groups excluding tert-OH is 1. The molecule has 1 fully saturated rings. The number of urea groups is 1. The quantitative estimate of drug-likeness (QED) is 0.797. The van der Waals surface area contributed by atoms with Crippen LogP contribution in [0.3, 0.4) is 0 Å². The van der Waals surface area contributed by atoms with Crippen molar-refractivity contribution >= 4 is 17.4 Å². The van der Waals surface area contributed by atoms with Crippen molar-refractivity contribution < 1.29 is 9.90 Å². The zero-order valence-corrected chi connectivity index (χ0v) is 12.9. The van der Waals surface area contributed by atoms with Crippen LogP contribution >= 0.6 is 11.3 Å². The number of hydrogen-bond acceptors (Lipinski definition) is 4. The SMILES string of the molecule is Cc1nc(C)c(CNC(=O)NCC2CCCC(O)C2)s1. The van der Waals surface area contributed by atoms with Crippen molar-refractivity contribution in [3.05, 3.63) is 15.6 Å². The van der Waals surface area contributed by atoms with Crippen LogP contribution in [0.15, 0.2) is 0 Å². The Morgan fingerprint density at radius 3 is 2.85 bits per heavy atom. The smallest absolute Gasteiger partial charge is 0.315 e. The molecule has 0 aromatic carbocycles. The number of carbonyl (C=O) groups is 1. The molecule has 0 spiro atoms. The Kier molecular flexibility index (Phi) is 5.37. The molecule has 0 aliphatic heterocycles.